The van der Waals surface area contributed by atoms with Crippen molar-refractivity contribution in [1.82, 2.24) is 0 Å². The Morgan fingerprint density at radius 1 is 0.792 bits per heavy atom. The monoisotopic (exact) mass is 480 g/mol. The van der Waals surface area contributed by atoms with E-state index >= 15 is 0 Å². The summed E-state index contributed by atoms with van der Waals surface area (Å²) in [6, 6.07) is 12.1. The minimum absolute atomic E-state index is 0.455. The zero-order valence-corrected chi connectivity index (χ0v) is 14.6. The van der Waals surface area contributed by atoms with Crippen LogP contribution in [0.1, 0.15) is 0 Å². The molecule has 0 atom stereocenters. The number of rotatable bonds is 5. The molecule has 0 aliphatic rings. The van der Waals surface area contributed by atoms with Crippen molar-refractivity contribution in [3.8, 4) is 0 Å². The summed E-state index contributed by atoms with van der Waals surface area (Å²) in [6.45, 7) is 0. The van der Waals surface area contributed by atoms with Crippen LogP contribution in [0.2, 0.25) is 0 Å². The Labute approximate surface area is 142 Å². The minimum atomic E-state index is -5.92. The summed E-state index contributed by atoms with van der Waals surface area (Å²) in [5.74, 6) is 0. The molecule has 2 aromatic rings. The van der Waals surface area contributed by atoms with Crippen molar-refractivity contribution in [3.05, 3.63) is 64.2 Å². The standard InChI is InChI=1S/C14H10F5IO3S/c15-13(16,17)14(18,19)20(11-7-3-1-4-8-11)23-24(21,22)12-9-5-2-6-10-12/h1-10H. The van der Waals surface area contributed by atoms with Gasteiger partial charge in [-0.3, -0.25) is 0 Å². The van der Waals surface area contributed by atoms with Gasteiger partial charge < -0.3 is 0 Å². The number of hydrogen-bond donors (Lipinski definition) is 0. The average Bonchev–Trinajstić information content (AvgIpc) is 2.53. The molecular weight excluding hydrogens is 470 g/mol. The Balaban J connectivity index is 2.49. The van der Waals surface area contributed by atoms with E-state index in [-0.39, 0.29) is 0 Å². The number of hydrogen-bond acceptors (Lipinski definition) is 3. The predicted octanol–water partition coefficient (Wildman–Crippen LogP) is 4.84. The zero-order valence-electron chi connectivity index (χ0n) is 11.7. The first kappa shape index (κ1) is 19.1. The molecule has 3 nitrogen and oxygen atoms in total. The van der Waals surface area contributed by atoms with Crippen LogP contribution in [0.3, 0.4) is 0 Å². The van der Waals surface area contributed by atoms with Crippen molar-refractivity contribution >= 4 is 30.4 Å². The second-order valence-corrected chi connectivity index (χ2v) is 11.0. The van der Waals surface area contributed by atoms with Crippen LogP contribution in [0.5, 0.6) is 0 Å². The van der Waals surface area contributed by atoms with Gasteiger partial charge in [-0.25, -0.2) is 0 Å². The van der Waals surface area contributed by atoms with Crippen molar-refractivity contribution in [2.24, 2.45) is 0 Å². The second kappa shape index (κ2) is 6.92. The number of benzene rings is 2. The molecule has 0 aromatic heterocycles. The zero-order chi connectivity index (χ0) is 18.0. The fraction of sp³-hybridized carbons (Fsp3) is 0.143. The quantitative estimate of drug-likeness (QED) is 0.350. The molecule has 2 aromatic carbocycles. The summed E-state index contributed by atoms with van der Waals surface area (Å²) in [5, 5.41) is 0. The van der Waals surface area contributed by atoms with Crippen molar-refractivity contribution in [3.63, 3.8) is 0 Å². The van der Waals surface area contributed by atoms with Gasteiger partial charge in [0.2, 0.25) is 0 Å². The third-order valence-corrected chi connectivity index (χ3v) is 9.98. The van der Waals surface area contributed by atoms with E-state index in [9.17, 15) is 30.4 Å². The van der Waals surface area contributed by atoms with E-state index in [1.165, 1.54) is 36.4 Å². The first-order valence-corrected chi connectivity index (χ1v) is 10.7. The fourth-order valence-corrected chi connectivity index (χ4v) is 8.18. The Morgan fingerprint density at radius 2 is 1.25 bits per heavy atom. The number of halogens is 6. The summed E-state index contributed by atoms with van der Waals surface area (Å²) in [4.78, 5) is -0.485. The molecule has 0 radical (unpaired) electrons. The van der Waals surface area contributed by atoms with E-state index in [2.05, 4.69) is 2.51 Å². The molecule has 0 N–H and O–H groups in total. The van der Waals surface area contributed by atoms with Gasteiger partial charge in [0.15, 0.2) is 0 Å². The first-order valence-electron chi connectivity index (χ1n) is 6.25. The van der Waals surface area contributed by atoms with Gasteiger partial charge in [0.05, 0.1) is 0 Å². The Morgan fingerprint density at radius 3 is 1.71 bits per heavy atom. The molecule has 0 saturated heterocycles. The number of alkyl halides is 6. The molecule has 0 amide bonds. The van der Waals surface area contributed by atoms with Gasteiger partial charge in [-0.15, -0.1) is 0 Å². The van der Waals surface area contributed by atoms with Gasteiger partial charge in [0.1, 0.15) is 0 Å². The van der Waals surface area contributed by atoms with Crippen molar-refractivity contribution < 1.29 is 32.9 Å². The van der Waals surface area contributed by atoms with Crippen LogP contribution in [0.15, 0.2) is 65.6 Å². The molecule has 0 unspecified atom stereocenters. The van der Waals surface area contributed by atoms with Gasteiger partial charge in [0, 0.05) is 0 Å². The van der Waals surface area contributed by atoms with E-state index in [0.717, 1.165) is 24.3 Å². The molecule has 0 bridgehead atoms. The van der Waals surface area contributed by atoms with Crippen LogP contribution in [0.4, 0.5) is 22.0 Å². The summed E-state index contributed by atoms with van der Waals surface area (Å²) in [6.07, 6.45) is -5.92. The molecule has 0 saturated carbocycles. The van der Waals surface area contributed by atoms with Crippen molar-refractivity contribution in [2.75, 3.05) is 0 Å². The van der Waals surface area contributed by atoms with E-state index in [1.54, 1.807) is 0 Å². The normalized spacial score (nSPS) is 13.6. The molecule has 2 rings (SSSR count). The summed E-state index contributed by atoms with van der Waals surface area (Å²) in [5.41, 5.74) is 0. The van der Waals surface area contributed by atoms with Gasteiger partial charge >= 0.3 is 142 Å². The molecule has 10 heteroatoms. The molecule has 132 valence electrons. The first-order chi connectivity index (χ1) is 11.1. The van der Waals surface area contributed by atoms with Crippen LogP contribution >= 0.6 is 20.2 Å². The average molecular weight is 480 g/mol. The molecule has 0 aliphatic heterocycles. The topological polar surface area (TPSA) is 43.4 Å². The third kappa shape index (κ3) is 4.03. The SMILES string of the molecule is O=S(=O)(OI(c1ccccc1)C(F)(F)C(F)(F)F)c1ccccc1. The second-order valence-electron chi connectivity index (χ2n) is 4.37. The summed E-state index contributed by atoms with van der Waals surface area (Å²) >= 11 is -4.99. The Hall–Kier alpha value is -1.27. The van der Waals surface area contributed by atoms with Gasteiger partial charge in [-0.05, 0) is 0 Å². The van der Waals surface area contributed by atoms with Crippen LogP contribution in [-0.2, 0) is 12.6 Å². The van der Waals surface area contributed by atoms with Crippen LogP contribution in [0, 0.1) is 3.57 Å². The van der Waals surface area contributed by atoms with Crippen LogP contribution in [-0.4, -0.2) is 18.5 Å². The van der Waals surface area contributed by atoms with Crippen LogP contribution < -0.4 is 0 Å². The molecular formula is C14H10F5IO3S. The Bertz CT molecular complexity index is 779. The van der Waals surface area contributed by atoms with Gasteiger partial charge in [-0.1, -0.05) is 0 Å². The molecule has 0 fully saturated rings. The molecule has 0 aliphatic carbocycles. The summed E-state index contributed by atoms with van der Waals surface area (Å²) in [7, 11) is -4.76. The predicted molar refractivity (Wildman–Crippen MR) is 84.9 cm³/mol. The molecule has 0 spiro atoms. The third-order valence-electron chi connectivity index (χ3n) is 2.65. The van der Waals surface area contributed by atoms with Crippen LogP contribution in [0.25, 0.3) is 0 Å². The summed E-state index contributed by atoms with van der Waals surface area (Å²) < 4.78 is 89.0. The van der Waals surface area contributed by atoms with E-state index in [1.807, 2.05) is 0 Å². The maximum absolute atomic E-state index is 13.9. The van der Waals surface area contributed by atoms with Crippen molar-refractivity contribution in [1.29, 1.82) is 0 Å². The van der Waals surface area contributed by atoms with E-state index in [4.69, 9.17) is 0 Å². The van der Waals surface area contributed by atoms with E-state index in [0.29, 0.717) is 0 Å². The molecule has 24 heavy (non-hydrogen) atoms. The van der Waals surface area contributed by atoms with Gasteiger partial charge in [0.25, 0.3) is 0 Å². The maximum atomic E-state index is 13.9. The van der Waals surface area contributed by atoms with Gasteiger partial charge in [-0.2, -0.15) is 0 Å². The van der Waals surface area contributed by atoms with E-state index < -0.39 is 48.9 Å². The van der Waals surface area contributed by atoms with Crippen molar-refractivity contribution in [2.45, 2.75) is 15.0 Å². The fourth-order valence-electron chi connectivity index (χ4n) is 1.55. The molecule has 0 heterocycles. The Kier molecular flexibility index (Phi) is 5.50.